The van der Waals surface area contributed by atoms with Gasteiger partial charge in [0, 0.05) is 45.0 Å². The summed E-state index contributed by atoms with van der Waals surface area (Å²) in [5, 5.41) is 19.1. The van der Waals surface area contributed by atoms with Crippen molar-refractivity contribution >= 4 is 34.1 Å². The van der Waals surface area contributed by atoms with Crippen LogP contribution in [0.3, 0.4) is 0 Å². The topological polar surface area (TPSA) is 54.1 Å². The van der Waals surface area contributed by atoms with E-state index in [1.165, 1.54) is 55.6 Å². The fourth-order valence-corrected chi connectivity index (χ4v) is 9.50. The van der Waals surface area contributed by atoms with Crippen molar-refractivity contribution in [1.29, 1.82) is 10.5 Å². The Morgan fingerprint density at radius 1 is 0.411 bits per heavy atom. The van der Waals surface area contributed by atoms with E-state index in [1.807, 2.05) is 60.7 Å². The summed E-state index contributed by atoms with van der Waals surface area (Å²) in [6.45, 7) is 14.1. The Bertz CT molecular complexity index is 2570. The molecule has 270 valence electrons. The van der Waals surface area contributed by atoms with Crippen molar-refractivity contribution in [3.8, 4) is 34.4 Å². The molecule has 0 radical (unpaired) electrons. The molecule has 2 aliphatic carbocycles. The summed E-state index contributed by atoms with van der Waals surface area (Å²) >= 11 is 0. The maximum Gasteiger partial charge on any atom is 0.0991 e. The van der Waals surface area contributed by atoms with E-state index in [0.717, 1.165) is 34.1 Å². The number of rotatable bonds is 6. The molecule has 0 aromatic heterocycles. The van der Waals surface area contributed by atoms with Crippen molar-refractivity contribution in [2.45, 2.75) is 52.4 Å². The first-order valence-corrected chi connectivity index (χ1v) is 19.2. The third kappa shape index (κ3) is 5.25. The van der Waals surface area contributed by atoms with Crippen molar-refractivity contribution in [2.75, 3.05) is 9.80 Å². The molecule has 0 saturated carbocycles. The highest BCUT2D eigenvalue weighted by molar-refractivity contribution is 5.95. The quantitative estimate of drug-likeness (QED) is 0.171. The fraction of sp³-hybridized carbons (Fsp3) is 0.154. The van der Waals surface area contributed by atoms with Crippen LogP contribution in [0, 0.1) is 36.5 Å². The average Bonchev–Trinajstić information content (AvgIpc) is 3.59. The molecule has 0 N–H and O–H groups in total. The summed E-state index contributed by atoms with van der Waals surface area (Å²) in [7, 11) is 0. The van der Waals surface area contributed by atoms with Gasteiger partial charge in [-0.15, -0.1) is 0 Å². The number of benzene rings is 7. The molecular weight excluding hydrogens is 681 g/mol. The molecule has 0 aliphatic heterocycles. The molecule has 0 atom stereocenters. The molecule has 7 aromatic rings. The molecule has 4 heteroatoms. The van der Waals surface area contributed by atoms with E-state index in [0.29, 0.717) is 11.1 Å². The molecule has 56 heavy (non-hydrogen) atoms. The molecule has 0 amide bonds. The standard InChI is InChI=1S/C52H42N4/c1-33-27-41(55(37-13-9-7-10-14-37)39-21-17-35(31-53)18-22-39)29-45-47(33)43-25-26-44-48-34(2)28-42(30-46(48)52(5,6)50(44)49(43)51(45,3)4)56(38-15-11-8-12-16-38)40-23-19-36(32-54)20-24-40/h7-30H,1-6H3. The van der Waals surface area contributed by atoms with Crippen LogP contribution < -0.4 is 9.80 Å². The van der Waals surface area contributed by atoms with Crippen molar-refractivity contribution in [3.63, 3.8) is 0 Å². The van der Waals surface area contributed by atoms with E-state index in [-0.39, 0.29) is 10.8 Å². The molecule has 0 unspecified atom stereocenters. The van der Waals surface area contributed by atoms with Crippen LogP contribution >= 0.6 is 0 Å². The first-order valence-electron chi connectivity index (χ1n) is 19.2. The van der Waals surface area contributed by atoms with Gasteiger partial charge in [-0.1, -0.05) is 76.2 Å². The number of nitrogens with zero attached hydrogens (tertiary/aromatic N) is 4. The van der Waals surface area contributed by atoms with E-state index < -0.39 is 0 Å². The number of nitriles is 2. The number of hydrogen-bond acceptors (Lipinski definition) is 4. The minimum atomic E-state index is -0.279. The molecule has 0 bridgehead atoms. The van der Waals surface area contributed by atoms with E-state index in [1.54, 1.807) is 0 Å². The third-order valence-corrected chi connectivity index (χ3v) is 12.0. The van der Waals surface area contributed by atoms with Gasteiger partial charge < -0.3 is 9.80 Å². The summed E-state index contributed by atoms with van der Waals surface area (Å²) in [5.74, 6) is 0. The summed E-state index contributed by atoms with van der Waals surface area (Å²) in [6.07, 6.45) is 0. The number of para-hydroxylation sites is 2. The van der Waals surface area contributed by atoms with Crippen LogP contribution in [0.2, 0.25) is 0 Å². The zero-order chi connectivity index (χ0) is 38.9. The minimum Gasteiger partial charge on any atom is -0.310 e. The SMILES string of the molecule is Cc1cc(N(c2ccccc2)c2ccc(C#N)cc2)cc2c1-c1ccc3c(c1C2(C)C)C(C)(C)c1cc(N(c2ccccc2)c2ccc(C#N)cc2)cc(C)c1-3. The van der Waals surface area contributed by atoms with Crippen molar-refractivity contribution in [3.05, 3.63) is 190 Å². The second-order valence-corrected chi connectivity index (χ2v) is 16.2. The number of hydrogen-bond donors (Lipinski definition) is 0. The van der Waals surface area contributed by atoms with Gasteiger partial charge in [-0.3, -0.25) is 0 Å². The zero-order valence-electron chi connectivity index (χ0n) is 32.6. The van der Waals surface area contributed by atoms with Gasteiger partial charge in [-0.05, 0) is 167 Å². The monoisotopic (exact) mass is 722 g/mol. The fourth-order valence-electron chi connectivity index (χ4n) is 9.50. The van der Waals surface area contributed by atoms with Crippen LogP contribution in [0.4, 0.5) is 34.1 Å². The molecule has 0 fully saturated rings. The lowest BCUT2D eigenvalue weighted by Gasteiger charge is -2.32. The second-order valence-electron chi connectivity index (χ2n) is 16.2. The number of anilines is 6. The first-order chi connectivity index (χ1) is 27.0. The maximum atomic E-state index is 9.54. The smallest absolute Gasteiger partial charge is 0.0991 e. The molecule has 7 aromatic carbocycles. The van der Waals surface area contributed by atoms with Crippen LogP contribution in [0.5, 0.6) is 0 Å². The van der Waals surface area contributed by atoms with Gasteiger partial charge in [-0.25, -0.2) is 0 Å². The molecule has 4 nitrogen and oxygen atoms in total. The van der Waals surface area contributed by atoms with Gasteiger partial charge in [0.05, 0.1) is 23.3 Å². The largest absolute Gasteiger partial charge is 0.310 e. The average molecular weight is 723 g/mol. The lowest BCUT2D eigenvalue weighted by molar-refractivity contribution is 0.601. The Balaban J connectivity index is 1.19. The molecular formula is C52H42N4. The molecule has 0 heterocycles. The van der Waals surface area contributed by atoms with Crippen LogP contribution in [-0.4, -0.2) is 0 Å². The lowest BCUT2D eigenvalue weighted by Crippen LogP contribution is -2.24. The Morgan fingerprint density at radius 3 is 1.09 bits per heavy atom. The predicted molar refractivity (Wildman–Crippen MR) is 230 cm³/mol. The highest BCUT2D eigenvalue weighted by atomic mass is 15.1. The van der Waals surface area contributed by atoms with Crippen molar-refractivity contribution in [1.82, 2.24) is 0 Å². The van der Waals surface area contributed by atoms with Gasteiger partial charge in [0.2, 0.25) is 0 Å². The number of fused-ring (bicyclic) bond motifs is 7. The Kier molecular flexibility index (Phi) is 8.01. The summed E-state index contributed by atoms with van der Waals surface area (Å²) < 4.78 is 0. The zero-order valence-corrected chi connectivity index (χ0v) is 32.6. The second kappa shape index (κ2) is 12.9. The number of aryl methyl sites for hydroxylation is 2. The summed E-state index contributed by atoms with van der Waals surface area (Å²) in [6, 6.07) is 55.4. The molecule has 0 saturated heterocycles. The van der Waals surface area contributed by atoms with Crippen molar-refractivity contribution < 1.29 is 0 Å². The Morgan fingerprint density at radius 2 is 0.750 bits per heavy atom. The molecule has 2 aliphatic rings. The molecule has 9 rings (SSSR count). The summed E-state index contributed by atoms with van der Waals surface area (Å²) in [4.78, 5) is 4.60. The van der Waals surface area contributed by atoms with Crippen molar-refractivity contribution in [2.24, 2.45) is 0 Å². The first kappa shape index (κ1) is 34.9. The van der Waals surface area contributed by atoms with Gasteiger partial charge in [0.15, 0.2) is 0 Å². The third-order valence-electron chi connectivity index (χ3n) is 12.0. The normalized spacial score (nSPS) is 13.8. The van der Waals surface area contributed by atoms with Crippen LogP contribution in [-0.2, 0) is 10.8 Å². The molecule has 0 spiro atoms. The van der Waals surface area contributed by atoms with Crippen LogP contribution in [0.1, 0.15) is 72.2 Å². The van der Waals surface area contributed by atoms with E-state index in [2.05, 4.69) is 148 Å². The highest BCUT2D eigenvalue weighted by Gasteiger charge is 2.47. The van der Waals surface area contributed by atoms with Gasteiger partial charge >= 0.3 is 0 Å². The minimum absolute atomic E-state index is 0.279. The summed E-state index contributed by atoms with van der Waals surface area (Å²) in [5.41, 5.74) is 20.3. The maximum absolute atomic E-state index is 9.54. The van der Waals surface area contributed by atoms with E-state index in [9.17, 15) is 10.5 Å². The Hall–Kier alpha value is -6.88. The Labute approximate surface area is 330 Å². The lowest BCUT2D eigenvalue weighted by atomic mass is 9.72. The van der Waals surface area contributed by atoms with E-state index in [4.69, 9.17) is 0 Å². The van der Waals surface area contributed by atoms with Crippen LogP contribution in [0.15, 0.2) is 146 Å². The predicted octanol–water partition coefficient (Wildman–Crippen LogP) is 13.6. The van der Waals surface area contributed by atoms with Gasteiger partial charge in [0.1, 0.15) is 0 Å². The van der Waals surface area contributed by atoms with Gasteiger partial charge in [-0.2, -0.15) is 10.5 Å². The van der Waals surface area contributed by atoms with E-state index >= 15 is 0 Å². The van der Waals surface area contributed by atoms with Crippen LogP contribution in [0.25, 0.3) is 22.3 Å². The van der Waals surface area contributed by atoms with Gasteiger partial charge in [0.25, 0.3) is 0 Å². The highest BCUT2D eigenvalue weighted by Crippen LogP contribution is 2.61.